The minimum Gasteiger partial charge on any atom is -0.493 e. The summed E-state index contributed by atoms with van der Waals surface area (Å²) in [7, 11) is 3.94. The maximum Gasteiger partial charge on any atom is 0.337 e. The monoisotopic (exact) mass is 406 g/mol. The Morgan fingerprint density at radius 3 is 3.00 bits per heavy atom. The average molecular weight is 406 g/mol. The molecule has 6 heteroatoms. The summed E-state index contributed by atoms with van der Waals surface area (Å²) in [6, 6.07) is 6.63. The summed E-state index contributed by atoms with van der Waals surface area (Å²) in [5.74, 6) is 1.32. The molecule has 4 aliphatic rings. The Balaban J connectivity index is 1.57. The van der Waals surface area contributed by atoms with Crippen LogP contribution < -0.4 is 9.47 Å². The van der Waals surface area contributed by atoms with Gasteiger partial charge in [-0.3, -0.25) is 4.98 Å². The summed E-state index contributed by atoms with van der Waals surface area (Å²) >= 11 is 0. The molecule has 2 fully saturated rings. The van der Waals surface area contributed by atoms with Gasteiger partial charge < -0.3 is 19.5 Å². The topological polar surface area (TPSA) is 71.9 Å². The van der Waals surface area contributed by atoms with Crippen LogP contribution in [0.5, 0.6) is 11.5 Å². The summed E-state index contributed by atoms with van der Waals surface area (Å²) in [6.45, 7) is 1.03. The molecule has 6 rings (SSSR count). The second kappa shape index (κ2) is 6.20. The van der Waals surface area contributed by atoms with Crippen molar-refractivity contribution < 1.29 is 19.4 Å². The van der Waals surface area contributed by atoms with Crippen LogP contribution in [0.4, 0.5) is 0 Å². The number of ether oxygens (including phenoxy) is 2. The van der Waals surface area contributed by atoms with Crippen molar-refractivity contribution in [3.8, 4) is 11.5 Å². The molecule has 1 aromatic heterocycles. The van der Waals surface area contributed by atoms with E-state index in [2.05, 4.69) is 23.0 Å². The van der Waals surface area contributed by atoms with E-state index in [1.807, 2.05) is 12.1 Å². The van der Waals surface area contributed by atoms with Crippen LogP contribution in [0.1, 0.15) is 52.2 Å². The van der Waals surface area contributed by atoms with Gasteiger partial charge in [0.05, 0.1) is 12.7 Å². The number of carbonyl (C=O) groups is 1. The Labute approximate surface area is 175 Å². The van der Waals surface area contributed by atoms with Crippen molar-refractivity contribution in [1.82, 2.24) is 9.88 Å². The van der Waals surface area contributed by atoms with Gasteiger partial charge in [0.15, 0.2) is 11.5 Å². The van der Waals surface area contributed by atoms with Gasteiger partial charge in [-0.1, -0.05) is 6.07 Å². The molecule has 1 aromatic carbocycles. The van der Waals surface area contributed by atoms with Crippen molar-refractivity contribution in [3.05, 3.63) is 52.8 Å². The standard InChI is InChI=1S/C24H26N2O4/c1-26-10-8-24-17-5-4-15(14-7-9-25-12-16(14)23(27)28)22(24)30-21-19(29-2)6-3-13(20(21)24)11-18(17)26/h3,6-7,9,12,15,17-18,22H,4-5,8,10-11H2,1-2H3,(H,27,28)/t15?,17-,18+,22?,24-/m0/s1. The predicted molar refractivity (Wildman–Crippen MR) is 110 cm³/mol. The second-order valence-corrected chi connectivity index (χ2v) is 9.27. The van der Waals surface area contributed by atoms with Gasteiger partial charge in [-0.05, 0) is 68.5 Å². The molecule has 6 nitrogen and oxygen atoms in total. The van der Waals surface area contributed by atoms with Crippen molar-refractivity contribution in [1.29, 1.82) is 0 Å². The Morgan fingerprint density at radius 2 is 2.20 bits per heavy atom. The van der Waals surface area contributed by atoms with E-state index in [0.717, 1.165) is 49.3 Å². The van der Waals surface area contributed by atoms with Crippen molar-refractivity contribution >= 4 is 5.97 Å². The van der Waals surface area contributed by atoms with E-state index < -0.39 is 5.97 Å². The van der Waals surface area contributed by atoms with Crippen molar-refractivity contribution in [2.45, 2.75) is 49.2 Å². The lowest BCUT2D eigenvalue weighted by molar-refractivity contribution is -0.0528. The van der Waals surface area contributed by atoms with Gasteiger partial charge in [0, 0.05) is 35.3 Å². The number of likely N-dealkylation sites (tertiary alicyclic amines) is 1. The van der Waals surface area contributed by atoms with Crippen LogP contribution in [0.2, 0.25) is 0 Å². The number of aromatic nitrogens is 1. The molecule has 1 saturated heterocycles. The fourth-order valence-electron chi connectivity index (χ4n) is 7.11. The Hall–Kier alpha value is -2.60. The van der Waals surface area contributed by atoms with Crippen LogP contribution in [-0.2, 0) is 11.8 Å². The minimum atomic E-state index is -0.920. The fourth-order valence-corrected chi connectivity index (χ4v) is 7.11. The number of piperidine rings is 1. The highest BCUT2D eigenvalue weighted by molar-refractivity contribution is 5.89. The quantitative estimate of drug-likeness (QED) is 0.844. The first-order valence-electron chi connectivity index (χ1n) is 10.8. The first kappa shape index (κ1) is 18.2. The molecule has 5 atom stereocenters. The lowest BCUT2D eigenvalue weighted by atomic mass is 9.49. The molecular formula is C24H26N2O4. The zero-order valence-corrected chi connectivity index (χ0v) is 17.3. The van der Waals surface area contributed by atoms with E-state index in [1.54, 1.807) is 13.3 Å². The Bertz CT molecular complexity index is 1050. The zero-order chi connectivity index (χ0) is 20.6. The van der Waals surface area contributed by atoms with Gasteiger partial charge in [0.25, 0.3) is 0 Å². The van der Waals surface area contributed by atoms with Crippen molar-refractivity contribution in [2.24, 2.45) is 5.92 Å². The van der Waals surface area contributed by atoms with E-state index in [-0.39, 0.29) is 17.4 Å². The third kappa shape index (κ3) is 2.12. The molecule has 2 aliphatic heterocycles. The molecule has 1 saturated carbocycles. The number of hydrogen-bond donors (Lipinski definition) is 1. The zero-order valence-electron chi connectivity index (χ0n) is 17.3. The predicted octanol–water partition coefficient (Wildman–Crippen LogP) is 3.24. The van der Waals surface area contributed by atoms with Gasteiger partial charge in [0.1, 0.15) is 6.10 Å². The maximum atomic E-state index is 12.0. The summed E-state index contributed by atoms with van der Waals surface area (Å²) in [5.41, 5.74) is 3.79. The van der Waals surface area contributed by atoms with Crippen molar-refractivity contribution in [2.75, 3.05) is 20.7 Å². The molecule has 2 aliphatic carbocycles. The number of benzene rings is 1. The molecule has 0 amide bonds. The first-order chi connectivity index (χ1) is 14.6. The summed E-state index contributed by atoms with van der Waals surface area (Å²) in [6.07, 6.45) is 7.21. The van der Waals surface area contributed by atoms with E-state index in [4.69, 9.17) is 9.47 Å². The van der Waals surface area contributed by atoms with Crippen LogP contribution in [0.3, 0.4) is 0 Å². The van der Waals surface area contributed by atoms with Gasteiger partial charge in [-0.2, -0.15) is 0 Å². The van der Waals surface area contributed by atoms with Crippen LogP contribution in [-0.4, -0.2) is 53.8 Å². The maximum absolute atomic E-state index is 12.0. The number of pyridine rings is 1. The number of methoxy groups -OCH3 is 1. The number of hydrogen-bond acceptors (Lipinski definition) is 5. The number of carboxylic acid groups (broad SMARTS) is 1. The molecule has 30 heavy (non-hydrogen) atoms. The third-order valence-corrected chi connectivity index (χ3v) is 8.28. The SMILES string of the molecule is COc1ccc2c3c1OC1C(c4ccncc4C(=O)O)CC[C@H]4[C@@H](C2)N(C)CC[C@]314. The fraction of sp³-hybridized carbons (Fsp3) is 0.500. The second-order valence-electron chi connectivity index (χ2n) is 9.27. The number of nitrogens with zero attached hydrogens (tertiary/aromatic N) is 2. The molecule has 1 N–H and O–H groups in total. The Kier molecular flexibility index (Phi) is 3.76. The summed E-state index contributed by atoms with van der Waals surface area (Å²) < 4.78 is 12.5. The molecule has 156 valence electrons. The molecule has 0 radical (unpaired) electrons. The highest BCUT2D eigenvalue weighted by atomic mass is 16.5. The molecule has 2 bridgehead atoms. The van der Waals surface area contributed by atoms with Gasteiger partial charge in [0.2, 0.25) is 0 Å². The van der Waals surface area contributed by atoms with Gasteiger partial charge >= 0.3 is 5.97 Å². The first-order valence-corrected chi connectivity index (χ1v) is 10.8. The van der Waals surface area contributed by atoms with Gasteiger partial charge in [-0.15, -0.1) is 0 Å². The highest BCUT2D eigenvalue weighted by Gasteiger charge is 2.65. The molecule has 2 aromatic rings. The molecular weight excluding hydrogens is 380 g/mol. The van der Waals surface area contributed by atoms with Gasteiger partial charge in [-0.25, -0.2) is 4.79 Å². The summed E-state index contributed by atoms with van der Waals surface area (Å²) in [4.78, 5) is 18.6. The molecule has 3 heterocycles. The van der Waals surface area contributed by atoms with E-state index in [1.165, 1.54) is 17.3 Å². The Morgan fingerprint density at radius 1 is 1.33 bits per heavy atom. The van der Waals surface area contributed by atoms with Crippen LogP contribution in [0, 0.1) is 5.92 Å². The number of aromatic carboxylic acids is 1. The van der Waals surface area contributed by atoms with E-state index in [9.17, 15) is 9.90 Å². The summed E-state index contributed by atoms with van der Waals surface area (Å²) in [5, 5.41) is 9.80. The highest BCUT2D eigenvalue weighted by Crippen LogP contribution is 2.66. The molecule has 2 unspecified atom stereocenters. The smallest absolute Gasteiger partial charge is 0.337 e. The number of rotatable bonds is 3. The van der Waals surface area contributed by atoms with Crippen molar-refractivity contribution in [3.63, 3.8) is 0 Å². The van der Waals surface area contributed by atoms with Crippen LogP contribution in [0.15, 0.2) is 30.6 Å². The van der Waals surface area contributed by atoms with E-state index in [0.29, 0.717) is 17.5 Å². The van der Waals surface area contributed by atoms with Crippen LogP contribution in [0.25, 0.3) is 0 Å². The van der Waals surface area contributed by atoms with E-state index >= 15 is 0 Å². The van der Waals surface area contributed by atoms with Crippen LogP contribution >= 0.6 is 0 Å². The average Bonchev–Trinajstić information content (AvgIpc) is 3.11. The number of likely N-dealkylation sites (N-methyl/N-ethyl adjacent to an activating group) is 1. The number of carboxylic acids is 1. The normalized spacial score (nSPS) is 33.5. The lowest BCUT2D eigenvalue weighted by Crippen LogP contribution is -2.64. The minimum absolute atomic E-state index is 0.0301. The largest absolute Gasteiger partial charge is 0.493 e. The lowest BCUT2D eigenvalue weighted by Gasteiger charge is -2.59. The third-order valence-electron chi connectivity index (χ3n) is 8.28. The molecule has 1 spiro atoms.